The van der Waals surface area contributed by atoms with Crippen molar-refractivity contribution < 1.29 is 23.5 Å². The SMILES string of the molecule is COCC(CC(=O)c1cncc(F)c1)NC(=O)OC(C)(C)C. The van der Waals surface area contributed by atoms with E-state index in [0.717, 1.165) is 12.3 Å². The Morgan fingerprint density at radius 2 is 2.05 bits per heavy atom. The second kappa shape index (κ2) is 7.84. The van der Waals surface area contributed by atoms with Crippen LogP contribution in [0.4, 0.5) is 9.18 Å². The summed E-state index contributed by atoms with van der Waals surface area (Å²) in [4.78, 5) is 27.5. The number of nitrogens with one attached hydrogen (secondary N) is 1. The molecule has 0 radical (unpaired) electrons. The quantitative estimate of drug-likeness (QED) is 0.816. The highest BCUT2D eigenvalue weighted by Crippen LogP contribution is 2.10. The van der Waals surface area contributed by atoms with Crippen molar-refractivity contribution in [2.45, 2.75) is 38.8 Å². The Hall–Kier alpha value is -2.02. The van der Waals surface area contributed by atoms with Crippen LogP contribution in [0.3, 0.4) is 0 Å². The van der Waals surface area contributed by atoms with E-state index in [-0.39, 0.29) is 24.4 Å². The van der Waals surface area contributed by atoms with Crippen molar-refractivity contribution >= 4 is 11.9 Å². The second-order valence-corrected chi connectivity index (χ2v) is 5.82. The monoisotopic (exact) mass is 312 g/mol. The lowest BCUT2D eigenvalue weighted by atomic mass is 10.1. The third-order valence-corrected chi connectivity index (χ3v) is 2.55. The van der Waals surface area contributed by atoms with Crippen LogP contribution in [0, 0.1) is 5.82 Å². The second-order valence-electron chi connectivity index (χ2n) is 5.82. The number of methoxy groups -OCH3 is 1. The zero-order valence-electron chi connectivity index (χ0n) is 13.2. The maximum atomic E-state index is 13.1. The molecule has 1 amide bonds. The lowest BCUT2D eigenvalue weighted by Gasteiger charge is -2.23. The van der Waals surface area contributed by atoms with Crippen LogP contribution in [0.2, 0.25) is 0 Å². The van der Waals surface area contributed by atoms with Gasteiger partial charge in [-0.1, -0.05) is 0 Å². The topological polar surface area (TPSA) is 77.5 Å². The lowest BCUT2D eigenvalue weighted by Crippen LogP contribution is -2.42. The van der Waals surface area contributed by atoms with Crippen LogP contribution in [0.1, 0.15) is 37.6 Å². The van der Waals surface area contributed by atoms with E-state index in [0.29, 0.717) is 0 Å². The Bertz CT molecular complexity index is 529. The highest BCUT2D eigenvalue weighted by molar-refractivity contribution is 5.96. The van der Waals surface area contributed by atoms with E-state index in [1.165, 1.54) is 13.3 Å². The van der Waals surface area contributed by atoms with Gasteiger partial charge in [0.2, 0.25) is 0 Å². The largest absolute Gasteiger partial charge is 0.444 e. The van der Waals surface area contributed by atoms with E-state index in [4.69, 9.17) is 9.47 Å². The molecule has 0 saturated carbocycles. The molecule has 1 N–H and O–H groups in total. The van der Waals surface area contributed by atoms with Crippen molar-refractivity contribution in [1.82, 2.24) is 10.3 Å². The minimum atomic E-state index is -0.641. The normalized spacial score (nSPS) is 12.6. The summed E-state index contributed by atoms with van der Waals surface area (Å²) < 4.78 is 23.2. The van der Waals surface area contributed by atoms with Crippen LogP contribution < -0.4 is 5.32 Å². The molecule has 0 fully saturated rings. The molecule has 7 heteroatoms. The number of Topliss-reactive ketones (excluding diaryl/α,β-unsaturated/α-hetero) is 1. The third kappa shape index (κ3) is 6.62. The van der Waals surface area contributed by atoms with Gasteiger partial charge in [0.05, 0.1) is 18.8 Å². The summed E-state index contributed by atoms with van der Waals surface area (Å²) in [5.74, 6) is -0.931. The molecule has 0 aromatic carbocycles. The molecular formula is C15H21FN2O4. The summed E-state index contributed by atoms with van der Waals surface area (Å²) in [6.07, 6.45) is 1.61. The molecule has 0 aliphatic heterocycles. The van der Waals surface area contributed by atoms with Gasteiger partial charge in [-0.2, -0.15) is 0 Å². The predicted molar refractivity (Wildman–Crippen MR) is 78.2 cm³/mol. The fourth-order valence-corrected chi connectivity index (χ4v) is 1.73. The average Bonchev–Trinajstić information content (AvgIpc) is 2.36. The van der Waals surface area contributed by atoms with Crippen molar-refractivity contribution in [2.24, 2.45) is 0 Å². The van der Waals surface area contributed by atoms with Crippen molar-refractivity contribution in [3.05, 3.63) is 29.8 Å². The van der Waals surface area contributed by atoms with Gasteiger partial charge >= 0.3 is 6.09 Å². The van der Waals surface area contributed by atoms with Crippen LogP contribution >= 0.6 is 0 Å². The summed E-state index contributed by atoms with van der Waals surface area (Å²) in [7, 11) is 1.46. The minimum absolute atomic E-state index is 0.0434. The highest BCUT2D eigenvalue weighted by Gasteiger charge is 2.22. The number of hydrogen-bond donors (Lipinski definition) is 1. The van der Waals surface area contributed by atoms with E-state index in [1.807, 2.05) is 0 Å². The first-order chi connectivity index (χ1) is 10.2. The van der Waals surface area contributed by atoms with Gasteiger partial charge in [0.1, 0.15) is 11.4 Å². The van der Waals surface area contributed by atoms with Gasteiger partial charge in [-0.05, 0) is 26.8 Å². The number of hydrogen-bond acceptors (Lipinski definition) is 5. The third-order valence-electron chi connectivity index (χ3n) is 2.55. The number of halogens is 1. The molecule has 0 aliphatic carbocycles. The van der Waals surface area contributed by atoms with Crippen LogP contribution in [-0.2, 0) is 9.47 Å². The fraction of sp³-hybridized carbons (Fsp3) is 0.533. The first-order valence-corrected chi connectivity index (χ1v) is 6.83. The van der Waals surface area contributed by atoms with E-state index >= 15 is 0 Å². The first kappa shape index (κ1) is 18.0. The molecule has 0 bridgehead atoms. The first-order valence-electron chi connectivity index (χ1n) is 6.83. The molecule has 0 saturated heterocycles. The summed E-state index contributed by atoms with van der Waals surface area (Å²) in [5, 5.41) is 2.57. The molecule has 1 aromatic rings. The van der Waals surface area contributed by atoms with Crippen LogP contribution in [0.5, 0.6) is 0 Å². The van der Waals surface area contributed by atoms with Crippen molar-refractivity contribution in [3.63, 3.8) is 0 Å². The van der Waals surface area contributed by atoms with Crippen molar-refractivity contribution in [2.75, 3.05) is 13.7 Å². The number of alkyl carbamates (subject to hydrolysis) is 1. The molecule has 0 aliphatic rings. The van der Waals surface area contributed by atoms with E-state index in [9.17, 15) is 14.0 Å². The molecule has 1 aromatic heterocycles. The maximum absolute atomic E-state index is 13.1. The van der Waals surface area contributed by atoms with E-state index in [2.05, 4.69) is 10.3 Å². The van der Waals surface area contributed by atoms with Crippen LogP contribution in [0.25, 0.3) is 0 Å². The maximum Gasteiger partial charge on any atom is 0.407 e. The Kier molecular flexibility index (Phi) is 6.42. The smallest absolute Gasteiger partial charge is 0.407 e. The lowest BCUT2D eigenvalue weighted by molar-refractivity contribution is 0.0464. The number of aromatic nitrogens is 1. The van der Waals surface area contributed by atoms with Gasteiger partial charge in [0.25, 0.3) is 0 Å². The predicted octanol–water partition coefficient (Wildman–Crippen LogP) is 2.33. The Morgan fingerprint density at radius 1 is 1.36 bits per heavy atom. The number of ketones is 1. The highest BCUT2D eigenvalue weighted by atomic mass is 19.1. The van der Waals surface area contributed by atoms with Crippen molar-refractivity contribution in [1.29, 1.82) is 0 Å². The zero-order chi connectivity index (χ0) is 16.8. The van der Waals surface area contributed by atoms with E-state index < -0.39 is 23.6 Å². The summed E-state index contributed by atoms with van der Waals surface area (Å²) in [5.41, 5.74) is -0.495. The van der Waals surface area contributed by atoms with Gasteiger partial charge in [0, 0.05) is 25.3 Å². The molecule has 1 rings (SSSR count). The molecule has 6 nitrogen and oxygen atoms in total. The Morgan fingerprint density at radius 3 is 2.59 bits per heavy atom. The number of rotatable bonds is 6. The molecule has 1 unspecified atom stereocenters. The number of ether oxygens (including phenoxy) is 2. The molecule has 22 heavy (non-hydrogen) atoms. The Labute approximate surface area is 129 Å². The van der Waals surface area contributed by atoms with Gasteiger partial charge in [-0.3, -0.25) is 9.78 Å². The minimum Gasteiger partial charge on any atom is -0.444 e. The molecule has 0 spiro atoms. The summed E-state index contributed by atoms with van der Waals surface area (Å²) in [6, 6.07) is 0.530. The number of pyridine rings is 1. The van der Waals surface area contributed by atoms with Gasteiger partial charge in [-0.15, -0.1) is 0 Å². The number of nitrogens with zero attached hydrogens (tertiary/aromatic N) is 1. The average molecular weight is 312 g/mol. The van der Waals surface area contributed by atoms with Gasteiger partial charge < -0.3 is 14.8 Å². The summed E-state index contributed by atoms with van der Waals surface area (Å²) >= 11 is 0. The number of carbonyl (C=O) groups is 2. The molecule has 1 heterocycles. The molecular weight excluding hydrogens is 291 g/mol. The van der Waals surface area contributed by atoms with E-state index in [1.54, 1.807) is 20.8 Å². The number of carbonyl (C=O) groups excluding carboxylic acids is 2. The van der Waals surface area contributed by atoms with Crippen LogP contribution in [-0.4, -0.2) is 42.2 Å². The van der Waals surface area contributed by atoms with Crippen molar-refractivity contribution in [3.8, 4) is 0 Å². The zero-order valence-corrected chi connectivity index (χ0v) is 13.2. The van der Waals surface area contributed by atoms with Crippen LogP contribution in [0.15, 0.2) is 18.5 Å². The van der Waals surface area contributed by atoms with Gasteiger partial charge in [-0.25, -0.2) is 9.18 Å². The fourth-order valence-electron chi connectivity index (χ4n) is 1.73. The number of amides is 1. The molecule has 1 atom stereocenters. The summed E-state index contributed by atoms with van der Waals surface area (Å²) in [6.45, 7) is 5.35. The Balaban J connectivity index is 2.67. The standard InChI is InChI=1S/C15H21FN2O4/c1-15(2,3)22-14(20)18-12(9-21-4)6-13(19)10-5-11(16)8-17-7-10/h5,7-8,12H,6,9H2,1-4H3,(H,18,20). The molecule has 122 valence electrons. The van der Waals surface area contributed by atoms with Gasteiger partial charge in [0.15, 0.2) is 5.78 Å².